The van der Waals surface area contributed by atoms with Crippen molar-refractivity contribution in [1.29, 1.82) is 5.26 Å². The van der Waals surface area contributed by atoms with Crippen molar-refractivity contribution >= 4 is 11.5 Å². The molecule has 0 amide bonds. The third-order valence-corrected chi connectivity index (χ3v) is 4.15. The lowest BCUT2D eigenvalue weighted by Crippen LogP contribution is -2.19. The number of benzene rings is 1. The van der Waals surface area contributed by atoms with Crippen LogP contribution in [0.4, 0.5) is 5.82 Å². The number of hydrazone groups is 1. The van der Waals surface area contributed by atoms with Crippen LogP contribution >= 0.6 is 0 Å². The lowest BCUT2D eigenvalue weighted by Gasteiger charge is -2.20. The predicted octanol–water partition coefficient (Wildman–Crippen LogP) is 2.44. The van der Waals surface area contributed by atoms with Crippen molar-refractivity contribution in [1.82, 2.24) is 19.7 Å². The highest BCUT2D eigenvalue weighted by molar-refractivity contribution is 6.03. The third-order valence-electron chi connectivity index (χ3n) is 4.15. The average Bonchev–Trinajstić information content (AvgIpc) is 3.29. The van der Waals surface area contributed by atoms with Gasteiger partial charge in [0.25, 0.3) is 0 Å². The van der Waals surface area contributed by atoms with E-state index < -0.39 is 0 Å². The fourth-order valence-electron chi connectivity index (χ4n) is 2.91. The number of nitrogens with zero attached hydrogens (tertiary/aromatic N) is 7. The van der Waals surface area contributed by atoms with Gasteiger partial charge in [-0.15, -0.1) is 0 Å². The van der Waals surface area contributed by atoms with Crippen molar-refractivity contribution in [2.75, 3.05) is 5.01 Å². The highest BCUT2D eigenvalue weighted by Crippen LogP contribution is 2.35. The Labute approximate surface area is 144 Å². The molecule has 0 unspecified atom stereocenters. The first-order valence-electron chi connectivity index (χ1n) is 7.86. The number of anilines is 1. The number of hydrogen-bond acceptors (Lipinski definition) is 6. The van der Waals surface area contributed by atoms with Crippen molar-refractivity contribution in [3.63, 3.8) is 0 Å². The first-order valence-corrected chi connectivity index (χ1v) is 7.86. The number of nitriles is 1. The zero-order chi connectivity index (χ0) is 17.2. The van der Waals surface area contributed by atoms with E-state index in [4.69, 9.17) is 10.4 Å². The van der Waals surface area contributed by atoms with Gasteiger partial charge in [0.05, 0.1) is 35.8 Å². The second-order valence-corrected chi connectivity index (χ2v) is 5.81. The predicted molar refractivity (Wildman–Crippen MR) is 92.8 cm³/mol. The Morgan fingerprint density at radius 1 is 1.16 bits per heavy atom. The maximum absolute atomic E-state index is 8.96. The van der Waals surface area contributed by atoms with E-state index in [1.54, 1.807) is 23.3 Å². The summed E-state index contributed by atoms with van der Waals surface area (Å²) in [6, 6.07) is 9.62. The molecule has 1 aliphatic rings. The van der Waals surface area contributed by atoms with Crippen LogP contribution in [0.15, 0.2) is 60.4 Å². The Morgan fingerprint density at radius 3 is 2.64 bits per heavy atom. The van der Waals surface area contributed by atoms with Crippen LogP contribution in [0.5, 0.6) is 0 Å². The Morgan fingerprint density at radius 2 is 2.00 bits per heavy atom. The van der Waals surface area contributed by atoms with E-state index in [0.29, 0.717) is 11.4 Å². The fourth-order valence-corrected chi connectivity index (χ4v) is 2.91. The summed E-state index contributed by atoms with van der Waals surface area (Å²) < 4.78 is 1.78. The molecule has 2 aromatic heterocycles. The zero-order valence-electron chi connectivity index (χ0n) is 13.6. The van der Waals surface area contributed by atoms with E-state index in [1.807, 2.05) is 48.7 Å². The molecular formula is C18H15N7. The topological polar surface area (TPSA) is 83.0 Å². The third kappa shape index (κ3) is 2.85. The van der Waals surface area contributed by atoms with Crippen LogP contribution in [-0.2, 0) is 7.05 Å². The second-order valence-electron chi connectivity index (χ2n) is 5.81. The van der Waals surface area contributed by atoms with Gasteiger partial charge in [-0.3, -0.25) is 9.67 Å². The molecule has 7 heteroatoms. The molecule has 0 N–H and O–H groups in total. The summed E-state index contributed by atoms with van der Waals surface area (Å²) >= 11 is 0. The summed E-state index contributed by atoms with van der Waals surface area (Å²) in [7, 11) is 1.90. The van der Waals surface area contributed by atoms with E-state index in [9.17, 15) is 0 Å². The zero-order valence-corrected chi connectivity index (χ0v) is 13.6. The van der Waals surface area contributed by atoms with Gasteiger partial charge in [-0.1, -0.05) is 12.1 Å². The maximum Gasteiger partial charge on any atom is 0.168 e. The highest BCUT2D eigenvalue weighted by atomic mass is 15.5. The Bertz CT molecular complexity index is 951. The van der Waals surface area contributed by atoms with Gasteiger partial charge in [0.2, 0.25) is 0 Å². The van der Waals surface area contributed by atoms with E-state index in [0.717, 1.165) is 23.3 Å². The van der Waals surface area contributed by atoms with Crippen LogP contribution in [0, 0.1) is 11.3 Å². The monoisotopic (exact) mass is 329 g/mol. The normalized spacial score (nSPS) is 16.6. The molecule has 7 nitrogen and oxygen atoms in total. The minimum absolute atomic E-state index is 0.0102. The molecule has 0 saturated heterocycles. The van der Waals surface area contributed by atoms with Crippen molar-refractivity contribution in [3.05, 3.63) is 71.9 Å². The molecule has 0 bridgehead atoms. The van der Waals surface area contributed by atoms with Crippen LogP contribution in [0.25, 0.3) is 0 Å². The molecule has 1 aromatic carbocycles. The second kappa shape index (κ2) is 6.17. The number of aryl methyl sites for hydroxylation is 1. The van der Waals surface area contributed by atoms with Gasteiger partial charge in [0, 0.05) is 37.6 Å². The van der Waals surface area contributed by atoms with Crippen molar-refractivity contribution in [2.45, 2.75) is 12.5 Å². The summed E-state index contributed by atoms with van der Waals surface area (Å²) in [5.74, 6) is 0.694. The SMILES string of the molecule is Cn1cc([C@@H]2CC(c3ccc(C#N)cc3)=NN2c2cnccn2)cn1. The van der Waals surface area contributed by atoms with Crippen LogP contribution < -0.4 is 5.01 Å². The van der Waals surface area contributed by atoms with Gasteiger partial charge in [0.1, 0.15) is 0 Å². The Hall–Kier alpha value is -3.53. The molecule has 0 aliphatic carbocycles. The van der Waals surface area contributed by atoms with Crippen LogP contribution in [0.1, 0.15) is 29.2 Å². The molecule has 25 heavy (non-hydrogen) atoms. The van der Waals surface area contributed by atoms with E-state index in [-0.39, 0.29) is 6.04 Å². The molecule has 0 fully saturated rings. The van der Waals surface area contributed by atoms with Gasteiger partial charge >= 0.3 is 0 Å². The highest BCUT2D eigenvalue weighted by Gasteiger charge is 2.31. The Kier molecular flexibility index (Phi) is 3.71. The summed E-state index contributed by atoms with van der Waals surface area (Å²) in [6.45, 7) is 0. The smallest absolute Gasteiger partial charge is 0.168 e. The lowest BCUT2D eigenvalue weighted by molar-refractivity contribution is 0.694. The molecular weight excluding hydrogens is 314 g/mol. The maximum atomic E-state index is 8.96. The summed E-state index contributed by atoms with van der Waals surface area (Å²) in [5, 5.41) is 19.9. The van der Waals surface area contributed by atoms with E-state index in [2.05, 4.69) is 21.1 Å². The molecule has 3 heterocycles. The quantitative estimate of drug-likeness (QED) is 0.737. The average molecular weight is 329 g/mol. The minimum atomic E-state index is 0.0102. The number of hydrogen-bond donors (Lipinski definition) is 0. The molecule has 122 valence electrons. The minimum Gasteiger partial charge on any atom is -0.275 e. The lowest BCUT2D eigenvalue weighted by atomic mass is 10.00. The number of rotatable bonds is 3. The first kappa shape index (κ1) is 15.0. The molecule has 0 spiro atoms. The van der Waals surface area contributed by atoms with Crippen molar-refractivity contribution < 1.29 is 0 Å². The summed E-state index contributed by atoms with van der Waals surface area (Å²) in [6.07, 6.45) is 9.58. The first-order chi connectivity index (χ1) is 12.2. The summed E-state index contributed by atoms with van der Waals surface area (Å²) in [5.41, 5.74) is 3.65. The molecule has 3 aromatic rings. The van der Waals surface area contributed by atoms with Crippen molar-refractivity contribution in [2.24, 2.45) is 12.1 Å². The van der Waals surface area contributed by atoms with Gasteiger partial charge in [-0.05, 0) is 17.7 Å². The molecule has 4 rings (SSSR count). The Balaban J connectivity index is 1.72. The van der Waals surface area contributed by atoms with E-state index in [1.165, 1.54) is 0 Å². The standard InChI is InChI=1S/C18H15N7/c1-24-12-15(10-22-24)17-8-16(14-4-2-13(9-19)3-5-14)23-25(17)18-11-20-6-7-21-18/h2-7,10-12,17H,8H2,1H3/t17-/m0/s1. The number of aromatic nitrogens is 4. The fraction of sp³-hybridized carbons (Fsp3) is 0.167. The van der Waals surface area contributed by atoms with Crippen LogP contribution in [0.3, 0.4) is 0 Å². The molecule has 0 saturated carbocycles. The van der Waals surface area contributed by atoms with Crippen LogP contribution in [0.2, 0.25) is 0 Å². The van der Waals surface area contributed by atoms with E-state index >= 15 is 0 Å². The molecule has 1 aliphatic heterocycles. The summed E-state index contributed by atoms with van der Waals surface area (Å²) in [4.78, 5) is 8.54. The van der Waals surface area contributed by atoms with Gasteiger partial charge in [-0.2, -0.15) is 15.5 Å². The molecule has 1 atom stereocenters. The largest absolute Gasteiger partial charge is 0.275 e. The van der Waals surface area contributed by atoms with Gasteiger partial charge < -0.3 is 0 Å². The van der Waals surface area contributed by atoms with Gasteiger partial charge in [-0.25, -0.2) is 9.99 Å². The van der Waals surface area contributed by atoms with Crippen molar-refractivity contribution in [3.8, 4) is 6.07 Å². The molecule has 0 radical (unpaired) electrons. The van der Waals surface area contributed by atoms with Crippen LogP contribution in [-0.4, -0.2) is 25.5 Å². The van der Waals surface area contributed by atoms with Gasteiger partial charge in [0.15, 0.2) is 5.82 Å².